The predicted octanol–water partition coefficient (Wildman–Crippen LogP) is 3.20. The lowest BCUT2D eigenvalue weighted by Crippen LogP contribution is -2.06. The number of rotatable bonds is 4. The minimum absolute atomic E-state index is 0.101. The Bertz CT molecular complexity index is 615. The van der Waals surface area contributed by atoms with Gasteiger partial charge in [-0.15, -0.1) is 0 Å². The molecule has 3 nitrogen and oxygen atoms in total. The van der Waals surface area contributed by atoms with Crippen LogP contribution < -0.4 is 0 Å². The molecule has 0 heterocycles. The van der Waals surface area contributed by atoms with Crippen LogP contribution >= 0.6 is 11.6 Å². The maximum absolute atomic E-state index is 11.8. The molecule has 0 aliphatic carbocycles. The molecule has 1 aromatic rings. The van der Waals surface area contributed by atoms with Crippen LogP contribution in [0.25, 0.3) is 5.57 Å². The molecule has 98 valence electrons. The van der Waals surface area contributed by atoms with Gasteiger partial charge in [-0.25, -0.2) is 8.42 Å². The second-order valence-electron chi connectivity index (χ2n) is 4.17. The van der Waals surface area contributed by atoms with E-state index in [4.69, 9.17) is 11.6 Å². The van der Waals surface area contributed by atoms with Crippen molar-refractivity contribution in [2.75, 3.05) is 6.26 Å². The number of halogens is 1. The van der Waals surface area contributed by atoms with Gasteiger partial charge in [-0.3, -0.25) is 4.79 Å². The monoisotopic (exact) mass is 286 g/mol. The molecule has 0 amide bonds. The Balaban J connectivity index is 3.68. The number of sulfone groups is 1. The molecule has 1 aromatic carbocycles. The summed E-state index contributed by atoms with van der Waals surface area (Å²) in [4.78, 5) is 11.3. The number of carbonyl (C=O) groups is 1. The maximum atomic E-state index is 11.8. The van der Waals surface area contributed by atoms with E-state index in [0.29, 0.717) is 23.1 Å². The van der Waals surface area contributed by atoms with Gasteiger partial charge in [0.15, 0.2) is 9.84 Å². The molecule has 0 aromatic heterocycles. The Morgan fingerprint density at radius 1 is 1.33 bits per heavy atom. The van der Waals surface area contributed by atoms with E-state index >= 15 is 0 Å². The molecule has 5 heteroatoms. The average molecular weight is 287 g/mol. The van der Waals surface area contributed by atoms with Gasteiger partial charge in [-0.05, 0) is 53.8 Å². The van der Waals surface area contributed by atoms with Gasteiger partial charge in [0, 0.05) is 11.8 Å². The van der Waals surface area contributed by atoms with E-state index in [1.165, 1.54) is 6.07 Å². The van der Waals surface area contributed by atoms with Crippen LogP contribution in [0.3, 0.4) is 0 Å². The summed E-state index contributed by atoms with van der Waals surface area (Å²) in [7, 11) is -3.43. The molecule has 0 aliphatic rings. The van der Waals surface area contributed by atoms with E-state index < -0.39 is 15.1 Å². The Morgan fingerprint density at radius 2 is 1.89 bits per heavy atom. The fourth-order valence-corrected chi connectivity index (χ4v) is 2.81. The van der Waals surface area contributed by atoms with Crippen molar-refractivity contribution >= 4 is 32.3 Å². The fraction of sp³-hybridized carbons (Fsp3) is 0.308. The molecular weight excluding hydrogens is 272 g/mol. The minimum Gasteiger partial charge on any atom is -0.276 e. The summed E-state index contributed by atoms with van der Waals surface area (Å²) in [5.41, 5.74) is 2.13. The predicted molar refractivity (Wildman–Crippen MR) is 73.8 cm³/mol. The van der Waals surface area contributed by atoms with Crippen LogP contribution in [0.2, 0.25) is 0 Å². The molecule has 0 fully saturated rings. The molecular formula is C13H15ClO3S. The second-order valence-corrected chi connectivity index (χ2v) is 6.49. The lowest BCUT2D eigenvalue weighted by Gasteiger charge is -2.12. The number of hydrogen-bond acceptors (Lipinski definition) is 3. The number of allylic oxidation sites excluding steroid dienone is 1. The van der Waals surface area contributed by atoms with Crippen molar-refractivity contribution < 1.29 is 13.2 Å². The average Bonchev–Trinajstić information content (AvgIpc) is 2.25. The van der Waals surface area contributed by atoms with Crippen molar-refractivity contribution in [2.24, 2.45) is 0 Å². The minimum atomic E-state index is -3.43. The first kappa shape index (κ1) is 14.9. The topological polar surface area (TPSA) is 51.2 Å². The molecule has 0 spiro atoms. The maximum Gasteiger partial charge on any atom is 0.252 e. The van der Waals surface area contributed by atoms with Gasteiger partial charge in [-0.2, -0.15) is 0 Å². The molecule has 0 aliphatic heterocycles. The molecule has 0 radical (unpaired) electrons. The van der Waals surface area contributed by atoms with Crippen molar-refractivity contribution in [3.63, 3.8) is 0 Å². The third kappa shape index (κ3) is 3.00. The largest absolute Gasteiger partial charge is 0.276 e. The molecule has 0 saturated carbocycles. The number of hydrogen-bond donors (Lipinski definition) is 0. The summed E-state index contributed by atoms with van der Waals surface area (Å²) in [6.07, 6.45) is 1.74. The number of benzene rings is 1. The number of carbonyl (C=O) groups excluding carboxylic acids is 1. The molecule has 18 heavy (non-hydrogen) atoms. The summed E-state index contributed by atoms with van der Waals surface area (Å²) >= 11 is 5.44. The van der Waals surface area contributed by atoms with Gasteiger partial charge in [0.2, 0.25) is 0 Å². The highest BCUT2D eigenvalue weighted by atomic mass is 35.5. The highest BCUT2D eigenvalue weighted by molar-refractivity contribution is 7.90. The van der Waals surface area contributed by atoms with E-state index in [1.807, 2.05) is 6.92 Å². The van der Waals surface area contributed by atoms with Crippen LogP contribution in [-0.4, -0.2) is 19.9 Å². The van der Waals surface area contributed by atoms with Crippen LogP contribution in [0, 0.1) is 6.92 Å². The standard InChI is InChI=1S/C13H15ClO3S/c1-5-8(2)10-6-9(3)11(13(14)15)7-12(10)18(4,16)17/h6-7H,2,5H2,1,3-4H3. The van der Waals surface area contributed by atoms with E-state index in [9.17, 15) is 13.2 Å². The van der Waals surface area contributed by atoms with Gasteiger partial charge in [-0.1, -0.05) is 13.5 Å². The van der Waals surface area contributed by atoms with Crippen LogP contribution in [0.5, 0.6) is 0 Å². The van der Waals surface area contributed by atoms with Crippen LogP contribution in [0.1, 0.15) is 34.8 Å². The Hall–Kier alpha value is -1.13. The Morgan fingerprint density at radius 3 is 2.28 bits per heavy atom. The summed E-state index contributed by atoms with van der Waals surface area (Å²) in [5, 5.41) is -0.661. The van der Waals surface area contributed by atoms with Crippen molar-refractivity contribution in [3.8, 4) is 0 Å². The van der Waals surface area contributed by atoms with Crippen molar-refractivity contribution in [1.82, 2.24) is 0 Å². The summed E-state index contributed by atoms with van der Waals surface area (Å²) in [6, 6.07) is 2.98. The Labute approximate surface area is 112 Å². The lowest BCUT2D eigenvalue weighted by atomic mass is 10.00. The Kier molecular flexibility index (Phi) is 4.35. The highest BCUT2D eigenvalue weighted by Gasteiger charge is 2.19. The van der Waals surface area contributed by atoms with Crippen molar-refractivity contribution in [1.29, 1.82) is 0 Å². The van der Waals surface area contributed by atoms with Gasteiger partial charge in [0.25, 0.3) is 5.24 Å². The van der Waals surface area contributed by atoms with E-state index in [1.54, 1.807) is 13.0 Å². The van der Waals surface area contributed by atoms with Gasteiger partial charge in [0.1, 0.15) is 0 Å². The normalized spacial score (nSPS) is 11.3. The van der Waals surface area contributed by atoms with E-state index in [0.717, 1.165) is 6.26 Å². The fourth-order valence-electron chi connectivity index (χ4n) is 1.67. The zero-order valence-corrected chi connectivity index (χ0v) is 12.2. The first-order valence-electron chi connectivity index (χ1n) is 5.41. The molecule has 0 bridgehead atoms. The van der Waals surface area contributed by atoms with Crippen LogP contribution in [0.4, 0.5) is 0 Å². The van der Waals surface area contributed by atoms with Gasteiger partial charge >= 0.3 is 0 Å². The molecule has 0 unspecified atom stereocenters. The van der Waals surface area contributed by atoms with Gasteiger partial charge in [0.05, 0.1) is 4.90 Å². The van der Waals surface area contributed by atoms with Crippen molar-refractivity contribution in [3.05, 3.63) is 35.4 Å². The zero-order valence-electron chi connectivity index (χ0n) is 10.6. The molecule has 0 N–H and O–H groups in total. The first-order valence-corrected chi connectivity index (χ1v) is 7.68. The van der Waals surface area contributed by atoms with Gasteiger partial charge < -0.3 is 0 Å². The van der Waals surface area contributed by atoms with Crippen molar-refractivity contribution in [2.45, 2.75) is 25.2 Å². The van der Waals surface area contributed by atoms with Crippen LogP contribution in [-0.2, 0) is 9.84 Å². The molecule has 1 rings (SSSR count). The smallest absolute Gasteiger partial charge is 0.252 e. The molecule has 0 saturated heterocycles. The third-order valence-corrected chi connectivity index (χ3v) is 4.09. The van der Waals surface area contributed by atoms with Crippen LogP contribution in [0.15, 0.2) is 23.6 Å². The quantitative estimate of drug-likeness (QED) is 0.799. The first-order chi connectivity index (χ1) is 8.18. The number of aryl methyl sites for hydroxylation is 1. The summed E-state index contributed by atoms with van der Waals surface area (Å²) < 4.78 is 23.5. The lowest BCUT2D eigenvalue weighted by molar-refractivity contribution is 0.108. The third-order valence-electron chi connectivity index (χ3n) is 2.75. The SMILES string of the molecule is C=C(CC)c1cc(C)c(C(=O)Cl)cc1S(C)(=O)=O. The highest BCUT2D eigenvalue weighted by Crippen LogP contribution is 2.28. The summed E-state index contributed by atoms with van der Waals surface area (Å²) in [6.45, 7) is 7.46. The zero-order chi connectivity index (χ0) is 14.1. The summed E-state index contributed by atoms with van der Waals surface area (Å²) in [5.74, 6) is 0. The van der Waals surface area contributed by atoms with E-state index in [-0.39, 0.29) is 10.5 Å². The molecule has 0 atom stereocenters. The second kappa shape index (κ2) is 5.24. The van der Waals surface area contributed by atoms with E-state index in [2.05, 4.69) is 6.58 Å².